The lowest BCUT2D eigenvalue weighted by molar-refractivity contribution is 0.0746. The van der Waals surface area contributed by atoms with Gasteiger partial charge in [0.1, 0.15) is 0 Å². The fraction of sp³-hybridized carbons (Fsp3) is 0.192. The summed E-state index contributed by atoms with van der Waals surface area (Å²) in [6.07, 6.45) is 0. The lowest BCUT2D eigenvalue weighted by Crippen LogP contribution is -2.48. The average molecular weight is 578 g/mol. The van der Waals surface area contributed by atoms with Gasteiger partial charge in [0.05, 0.1) is 27.9 Å². The Morgan fingerprint density at radius 1 is 0.865 bits per heavy atom. The first-order valence-corrected chi connectivity index (χ1v) is 12.8. The van der Waals surface area contributed by atoms with Crippen LogP contribution in [0.1, 0.15) is 20.7 Å². The Morgan fingerprint density at radius 3 is 2.11 bits per heavy atom. The maximum Gasteiger partial charge on any atom is 0.257 e. The van der Waals surface area contributed by atoms with Gasteiger partial charge in [-0.3, -0.25) is 14.9 Å². The standard InChI is InChI=1S/C26H23Cl3N4O3S/c1-36-23-20(28)13-17(14-21(23)29)24(34)31-26(37)30-18-7-8-22(19(27)15-18)32-9-11-33(12-10-32)25(35)16-5-3-2-4-6-16/h2-8,13-15H,9-12H2,1H3,(H2,30,31,34,37). The molecule has 1 heterocycles. The number of nitrogens with one attached hydrogen (secondary N) is 2. The third-order valence-electron chi connectivity index (χ3n) is 5.83. The quantitative estimate of drug-likeness (QED) is 0.377. The number of amides is 2. The molecular weight excluding hydrogens is 555 g/mol. The molecule has 0 aromatic heterocycles. The molecule has 0 spiro atoms. The van der Waals surface area contributed by atoms with E-state index in [1.165, 1.54) is 19.2 Å². The van der Waals surface area contributed by atoms with E-state index in [9.17, 15) is 9.59 Å². The van der Waals surface area contributed by atoms with Gasteiger partial charge in [-0.1, -0.05) is 53.0 Å². The van der Waals surface area contributed by atoms with Gasteiger partial charge < -0.3 is 19.9 Å². The van der Waals surface area contributed by atoms with Gasteiger partial charge in [0.25, 0.3) is 11.8 Å². The summed E-state index contributed by atoms with van der Waals surface area (Å²) in [5.41, 5.74) is 2.39. The van der Waals surface area contributed by atoms with Crippen LogP contribution in [0.25, 0.3) is 0 Å². The van der Waals surface area contributed by atoms with Gasteiger partial charge >= 0.3 is 0 Å². The number of methoxy groups -OCH3 is 1. The number of carbonyl (C=O) groups is 2. The van der Waals surface area contributed by atoms with E-state index in [4.69, 9.17) is 51.8 Å². The molecule has 2 N–H and O–H groups in total. The van der Waals surface area contributed by atoms with Crippen molar-refractivity contribution in [3.8, 4) is 5.75 Å². The van der Waals surface area contributed by atoms with Crippen molar-refractivity contribution < 1.29 is 14.3 Å². The smallest absolute Gasteiger partial charge is 0.257 e. The second-order valence-electron chi connectivity index (χ2n) is 8.19. The first-order valence-electron chi connectivity index (χ1n) is 11.3. The third-order valence-corrected chi connectivity index (χ3v) is 6.89. The zero-order valence-corrected chi connectivity index (χ0v) is 22.8. The van der Waals surface area contributed by atoms with Crippen LogP contribution in [0, 0.1) is 0 Å². The summed E-state index contributed by atoms with van der Waals surface area (Å²) in [6.45, 7) is 2.51. The monoisotopic (exact) mass is 576 g/mol. The Morgan fingerprint density at radius 2 is 1.51 bits per heavy atom. The van der Waals surface area contributed by atoms with Crippen LogP contribution in [0.15, 0.2) is 60.7 Å². The van der Waals surface area contributed by atoms with Crippen LogP contribution < -0.4 is 20.3 Å². The molecule has 3 aromatic rings. The van der Waals surface area contributed by atoms with E-state index < -0.39 is 5.91 Å². The van der Waals surface area contributed by atoms with Crippen LogP contribution >= 0.6 is 47.0 Å². The zero-order valence-electron chi connectivity index (χ0n) is 19.8. The van der Waals surface area contributed by atoms with E-state index in [2.05, 4.69) is 15.5 Å². The summed E-state index contributed by atoms with van der Waals surface area (Å²) in [5.74, 6) is -0.158. The van der Waals surface area contributed by atoms with Crippen molar-refractivity contribution in [3.05, 3.63) is 86.9 Å². The van der Waals surface area contributed by atoms with Gasteiger partial charge in [-0.25, -0.2) is 0 Å². The van der Waals surface area contributed by atoms with Crippen molar-refractivity contribution in [3.63, 3.8) is 0 Å². The molecule has 11 heteroatoms. The van der Waals surface area contributed by atoms with E-state index in [0.717, 1.165) is 5.69 Å². The number of hydrogen-bond donors (Lipinski definition) is 2. The van der Waals surface area contributed by atoms with Gasteiger partial charge in [0, 0.05) is 43.0 Å². The van der Waals surface area contributed by atoms with E-state index >= 15 is 0 Å². The highest BCUT2D eigenvalue weighted by Gasteiger charge is 2.23. The minimum Gasteiger partial charge on any atom is -0.494 e. The zero-order chi connectivity index (χ0) is 26.5. The van der Waals surface area contributed by atoms with Crippen LogP contribution in [0.3, 0.4) is 0 Å². The largest absolute Gasteiger partial charge is 0.494 e. The molecule has 0 aliphatic carbocycles. The molecule has 192 valence electrons. The second kappa shape index (κ2) is 12.0. The molecule has 7 nitrogen and oxygen atoms in total. The summed E-state index contributed by atoms with van der Waals surface area (Å²) >= 11 is 24.1. The Balaban J connectivity index is 1.34. The Kier molecular flexibility index (Phi) is 8.76. The summed E-state index contributed by atoms with van der Waals surface area (Å²) < 4.78 is 5.10. The number of nitrogens with zero attached hydrogens (tertiary/aromatic N) is 2. The summed E-state index contributed by atoms with van der Waals surface area (Å²) in [5, 5.41) is 6.59. The van der Waals surface area contributed by atoms with Crippen LogP contribution in [0.5, 0.6) is 5.75 Å². The van der Waals surface area contributed by atoms with Crippen LogP contribution in [-0.2, 0) is 0 Å². The van der Waals surface area contributed by atoms with Gasteiger partial charge in [-0.2, -0.15) is 0 Å². The number of rotatable bonds is 5. The highest BCUT2D eigenvalue weighted by Crippen LogP contribution is 2.34. The minimum absolute atomic E-state index is 0.0284. The third kappa shape index (κ3) is 6.45. The van der Waals surface area contributed by atoms with Crippen LogP contribution in [0.2, 0.25) is 15.1 Å². The predicted octanol–water partition coefficient (Wildman–Crippen LogP) is 5.74. The summed E-state index contributed by atoms with van der Waals surface area (Å²) in [4.78, 5) is 29.3. The summed E-state index contributed by atoms with van der Waals surface area (Å²) in [6, 6.07) is 17.6. The predicted molar refractivity (Wildman–Crippen MR) is 153 cm³/mol. The number of piperazine rings is 1. The van der Waals surface area contributed by atoms with Crippen molar-refractivity contribution >= 4 is 75.3 Å². The second-order valence-corrected chi connectivity index (χ2v) is 9.82. The maximum absolute atomic E-state index is 12.7. The van der Waals surface area contributed by atoms with Crippen LogP contribution in [-0.4, -0.2) is 55.1 Å². The Hall–Kier alpha value is -3.04. The molecule has 1 aliphatic heterocycles. The highest BCUT2D eigenvalue weighted by molar-refractivity contribution is 7.80. The molecule has 0 unspecified atom stereocenters. The number of benzene rings is 3. The number of ether oxygens (including phenoxy) is 1. The number of thiocarbonyl (C=S) groups is 1. The molecule has 0 bridgehead atoms. The van der Waals surface area contributed by atoms with Gasteiger partial charge in [0.15, 0.2) is 10.9 Å². The lowest BCUT2D eigenvalue weighted by atomic mass is 10.1. The topological polar surface area (TPSA) is 73.9 Å². The molecule has 37 heavy (non-hydrogen) atoms. The van der Waals surface area contributed by atoms with Gasteiger partial charge in [-0.15, -0.1) is 0 Å². The van der Waals surface area contributed by atoms with Gasteiger partial charge in [0.2, 0.25) is 0 Å². The molecule has 1 aliphatic rings. The van der Waals surface area contributed by atoms with Crippen molar-refractivity contribution in [2.24, 2.45) is 0 Å². The van der Waals surface area contributed by atoms with Crippen LogP contribution in [0.4, 0.5) is 11.4 Å². The van der Waals surface area contributed by atoms with E-state index in [1.54, 1.807) is 6.07 Å². The molecule has 3 aromatic carbocycles. The Bertz CT molecular complexity index is 1310. The molecule has 1 saturated heterocycles. The van der Waals surface area contributed by atoms with Crippen molar-refractivity contribution in [2.75, 3.05) is 43.5 Å². The van der Waals surface area contributed by atoms with Gasteiger partial charge in [-0.05, 0) is 54.7 Å². The van der Waals surface area contributed by atoms with Crippen molar-refractivity contribution in [1.29, 1.82) is 0 Å². The summed E-state index contributed by atoms with van der Waals surface area (Å²) in [7, 11) is 1.44. The molecule has 4 rings (SSSR count). The maximum atomic E-state index is 12.7. The Labute approximate surface area is 235 Å². The molecule has 0 radical (unpaired) electrons. The fourth-order valence-electron chi connectivity index (χ4n) is 3.98. The number of hydrogen-bond acceptors (Lipinski definition) is 5. The molecule has 0 saturated carbocycles. The first kappa shape index (κ1) is 27.0. The minimum atomic E-state index is -0.477. The molecule has 1 fully saturated rings. The number of anilines is 2. The van der Waals surface area contributed by atoms with E-state index in [0.29, 0.717) is 48.2 Å². The number of carbonyl (C=O) groups excluding carboxylic acids is 2. The van der Waals surface area contributed by atoms with Crippen molar-refractivity contribution in [2.45, 2.75) is 0 Å². The fourth-order valence-corrected chi connectivity index (χ4v) is 5.13. The molecular formula is C26H23Cl3N4O3S. The number of halogens is 3. The molecule has 2 amide bonds. The average Bonchev–Trinajstić information content (AvgIpc) is 2.89. The first-order chi connectivity index (χ1) is 17.8. The lowest BCUT2D eigenvalue weighted by Gasteiger charge is -2.36. The van der Waals surface area contributed by atoms with Crippen molar-refractivity contribution in [1.82, 2.24) is 10.2 Å². The van der Waals surface area contributed by atoms with E-state index in [1.807, 2.05) is 47.4 Å². The highest BCUT2D eigenvalue weighted by atomic mass is 35.5. The molecule has 0 atom stereocenters. The SMILES string of the molecule is COc1c(Cl)cc(C(=O)NC(=S)Nc2ccc(N3CCN(C(=O)c4ccccc4)CC3)c(Cl)c2)cc1Cl. The normalized spacial score (nSPS) is 13.2. The van der Waals surface area contributed by atoms with E-state index in [-0.39, 0.29) is 26.6 Å².